The summed E-state index contributed by atoms with van der Waals surface area (Å²) in [6, 6.07) is 9.91. The monoisotopic (exact) mass is 209 g/mol. The molecular weight excluding hydrogens is 194 g/mol. The van der Waals surface area contributed by atoms with E-state index in [0.29, 0.717) is 13.2 Å². The summed E-state index contributed by atoms with van der Waals surface area (Å²) in [5, 5.41) is 0. The molecule has 1 aromatic rings. The van der Waals surface area contributed by atoms with E-state index in [1.54, 1.807) is 6.92 Å². The standard InChI is InChI=1S/C11H15NO3/c1-2-14-11(13)12-15-9-8-10-6-4-3-5-7-10/h3-7H,2,8-9H2,1H3,(H,12,13). The van der Waals surface area contributed by atoms with E-state index < -0.39 is 6.09 Å². The molecule has 1 amide bonds. The topological polar surface area (TPSA) is 47.6 Å². The molecule has 0 aliphatic rings. The molecule has 0 saturated carbocycles. The molecule has 82 valence electrons. The van der Waals surface area contributed by atoms with Crippen molar-refractivity contribution in [3.63, 3.8) is 0 Å². The zero-order chi connectivity index (χ0) is 10.9. The first-order valence-electron chi connectivity index (χ1n) is 4.91. The quantitative estimate of drug-likeness (QED) is 0.595. The third-order valence-corrected chi connectivity index (χ3v) is 1.77. The van der Waals surface area contributed by atoms with E-state index in [4.69, 9.17) is 4.84 Å². The minimum atomic E-state index is -0.550. The van der Waals surface area contributed by atoms with Crippen LogP contribution in [-0.2, 0) is 16.0 Å². The lowest BCUT2D eigenvalue weighted by molar-refractivity contribution is 0.0310. The van der Waals surface area contributed by atoms with Crippen molar-refractivity contribution >= 4 is 6.09 Å². The fraction of sp³-hybridized carbons (Fsp3) is 0.364. The summed E-state index contributed by atoms with van der Waals surface area (Å²) in [6.45, 7) is 2.51. The molecule has 0 aliphatic carbocycles. The molecule has 1 N–H and O–H groups in total. The third-order valence-electron chi connectivity index (χ3n) is 1.77. The predicted octanol–water partition coefficient (Wildman–Crippen LogP) is 1.91. The maximum Gasteiger partial charge on any atom is 0.431 e. The Kier molecular flexibility index (Phi) is 5.25. The zero-order valence-corrected chi connectivity index (χ0v) is 8.73. The molecule has 0 aliphatic heterocycles. The van der Waals surface area contributed by atoms with Crippen LogP contribution in [0.1, 0.15) is 12.5 Å². The van der Waals surface area contributed by atoms with Crippen LogP contribution in [0, 0.1) is 0 Å². The van der Waals surface area contributed by atoms with Crippen molar-refractivity contribution in [2.24, 2.45) is 0 Å². The normalized spacial score (nSPS) is 9.67. The number of rotatable bonds is 5. The summed E-state index contributed by atoms with van der Waals surface area (Å²) in [7, 11) is 0. The van der Waals surface area contributed by atoms with Crippen LogP contribution in [-0.4, -0.2) is 19.3 Å². The van der Waals surface area contributed by atoms with Crippen LogP contribution in [0.3, 0.4) is 0 Å². The second-order valence-electron chi connectivity index (χ2n) is 2.91. The van der Waals surface area contributed by atoms with Crippen LogP contribution in [0.2, 0.25) is 0 Å². The van der Waals surface area contributed by atoms with Crippen LogP contribution in [0.4, 0.5) is 4.79 Å². The van der Waals surface area contributed by atoms with E-state index >= 15 is 0 Å². The summed E-state index contributed by atoms with van der Waals surface area (Å²) in [6.07, 6.45) is 0.207. The summed E-state index contributed by atoms with van der Waals surface area (Å²) in [4.78, 5) is 15.7. The smallest absolute Gasteiger partial charge is 0.431 e. The van der Waals surface area contributed by atoms with Crippen molar-refractivity contribution < 1.29 is 14.4 Å². The SMILES string of the molecule is CCOC(=O)NOCCc1ccccc1. The number of amides is 1. The van der Waals surface area contributed by atoms with E-state index in [9.17, 15) is 4.79 Å². The molecule has 0 radical (unpaired) electrons. The molecular formula is C11H15NO3. The van der Waals surface area contributed by atoms with Crippen LogP contribution < -0.4 is 5.48 Å². The molecule has 0 heterocycles. The van der Waals surface area contributed by atoms with Crippen LogP contribution in [0.25, 0.3) is 0 Å². The third kappa shape index (κ3) is 5.02. The van der Waals surface area contributed by atoms with Gasteiger partial charge in [-0.25, -0.2) is 4.79 Å². The Morgan fingerprint density at radius 2 is 2.07 bits per heavy atom. The lowest BCUT2D eigenvalue weighted by Crippen LogP contribution is -2.25. The number of carbonyl (C=O) groups is 1. The fourth-order valence-electron chi connectivity index (χ4n) is 1.08. The minimum absolute atomic E-state index is 0.341. The van der Waals surface area contributed by atoms with Crippen molar-refractivity contribution in [2.75, 3.05) is 13.2 Å². The van der Waals surface area contributed by atoms with Crippen molar-refractivity contribution in [3.8, 4) is 0 Å². The molecule has 15 heavy (non-hydrogen) atoms. The first-order valence-corrected chi connectivity index (χ1v) is 4.91. The van der Waals surface area contributed by atoms with Gasteiger partial charge in [0.25, 0.3) is 0 Å². The zero-order valence-electron chi connectivity index (χ0n) is 8.73. The van der Waals surface area contributed by atoms with Gasteiger partial charge >= 0.3 is 6.09 Å². The average Bonchev–Trinajstić information content (AvgIpc) is 2.26. The maximum atomic E-state index is 10.8. The molecule has 0 unspecified atom stereocenters. The number of carbonyl (C=O) groups excluding carboxylic acids is 1. The van der Waals surface area contributed by atoms with Gasteiger partial charge < -0.3 is 4.74 Å². The summed E-state index contributed by atoms with van der Waals surface area (Å²) >= 11 is 0. The van der Waals surface area contributed by atoms with E-state index in [-0.39, 0.29) is 0 Å². The highest BCUT2D eigenvalue weighted by atomic mass is 16.7. The maximum absolute atomic E-state index is 10.8. The number of hydrogen-bond acceptors (Lipinski definition) is 3. The second kappa shape index (κ2) is 6.84. The van der Waals surface area contributed by atoms with Crippen molar-refractivity contribution in [2.45, 2.75) is 13.3 Å². The molecule has 0 atom stereocenters. The van der Waals surface area contributed by atoms with Crippen LogP contribution in [0.5, 0.6) is 0 Å². The van der Waals surface area contributed by atoms with Gasteiger partial charge in [-0.3, -0.25) is 4.84 Å². The Labute approximate surface area is 89.1 Å². The Balaban J connectivity index is 2.10. The Bertz CT molecular complexity index is 287. The van der Waals surface area contributed by atoms with E-state index in [0.717, 1.165) is 6.42 Å². The number of benzene rings is 1. The van der Waals surface area contributed by atoms with E-state index in [1.165, 1.54) is 5.56 Å². The number of hydrogen-bond donors (Lipinski definition) is 1. The summed E-state index contributed by atoms with van der Waals surface area (Å²) in [5.74, 6) is 0. The summed E-state index contributed by atoms with van der Waals surface area (Å²) < 4.78 is 4.62. The molecule has 0 fully saturated rings. The lowest BCUT2D eigenvalue weighted by atomic mass is 10.2. The Morgan fingerprint density at radius 3 is 2.73 bits per heavy atom. The second-order valence-corrected chi connectivity index (χ2v) is 2.91. The van der Waals surface area contributed by atoms with Gasteiger partial charge in [-0.15, -0.1) is 0 Å². The summed E-state index contributed by atoms with van der Waals surface area (Å²) in [5.41, 5.74) is 3.36. The first kappa shape index (κ1) is 11.5. The Morgan fingerprint density at radius 1 is 1.33 bits per heavy atom. The van der Waals surface area contributed by atoms with Gasteiger partial charge in [-0.2, -0.15) is 5.48 Å². The first-order chi connectivity index (χ1) is 7.33. The van der Waals surface area contributed by atoms with E-state index in [1.807, 2.05) is 30.3 Å². The number of ether oxygens (including phenoxy) is 1. The highest BCUT2D eigenvalue weighted by molar-refractivity contribution is 5.65. The molecule has 0 saturated heterocycles. The van der Waals surface area contributed by atoms with Crippen molar-refractivity contribution in [1.82, 2.24) is 5.48 Å². The predicted molar refractivity (Wildman–Crippen MR) is 56.3 cm³/mol. The number of hydroxylamine groups is 1. The van der Waals surface area contributed by atoms with Gasteiger partial charge in [0, 0.05) is 0 Å². The van der Waals surface area contributed by atoms with Crippen LogP contribution in [0.15, 0.2) is 30.3 Å². The average molecular weight is 209 g/mol. The van der Waals surface area contributed by atoms with Crippen molar-refractivity contribution in [1.29, 1.82) is 0 Å². The van der Waals surface area contributed by atoms with Gasteiger partial charge in [0.05, 0.1) is 13.2 Å². The molecule has 1 aromatic carbocycles. The van der Waals surface area contributed by atoms with E-state index in [2.05, 4.69) is 10.2 Å². The highest BCUT2D eigenvalue weighted by Gasteiger charge is 1.98. The fourth-order valence-corrected chi connectivity index (χ4v) is 1.08. The van der Waals surface area contributed by atoms with Gasteiger partial charge in [-0.05, 0) is 18.9 Å². The molecule has 1 rings (SSSR count). The number of nitrogens with one attached hydrogen (secondary N) is 1. The van der Waals surface area contributed by atoms with Gasteiger partial charge in [0.15, 0.2) is 0 Å². The Hall–Kier alpha value is -1.55. The molecule has 0 bridgehead atoms. The largest absolute Gasteiger partial charge is 0.448 e. The lowest BCUT2D eigenvalue weighted by Gasteiger charge is -2.05. The molecule has 0 aromatic heterocycles. The highest BCUT2D eigenvalue weighted by Crippen LogP contribution is 1.98. The molecule has 4 nitrogen and oxygen atoms in total. The van der Waals surface area contributed by atoms with Gasteiger partial charge in [0.2, 0.25) is 0 Å². The van der Waals surface area contributed by atoms with Crippen molar-refractivity contribution in [3.05, 3.63) is 35.9 Å². The van der Waals surface area contributed by atoms with Gasteiger partial charge in [-0.1, -0.05) is 30.3 Å². The van der Waals surface area contributed by atoms with Crippen LogP contribution >= 0.6 is 0 Å². The van der Waals surface area contributed by atoms with Gasteiger partial charge in [0.1, 0.15) is 0 Å². The molecule has 0 spiro atoms. The minimum Gasteiger partial charge on any atom is -0.448 e. The molecule has 4 heteroatoms.